The van der Waals surface area contributed by atoms with Crippen LogP contribution >= 0.6 is 12.4 Å². The van der Waals surface area contributed by atoms with Gasteiger partial charge in [0.1, 0.15) is 0 Å². The maximum absolute atomic E-state index is 5.86. The van der Waals surface area contributed by atoms with E-state index in [0.717, 1.165) is 19.3 Å². The predicted molar refractivity (Wildman–Crippen MR) is 63.8 cm³/mol. The van der Waals surface area contributed by atoms with Gasteiger partial charge < -0.3 is 14.7 Å². The van der Waals surface area contributed by atoms with Crippen molar-refractivity contribution in [1.29, 1.82) is 0 Å². The first kappa shape index (κ1) is 12.1. The lowest BCUT2D eigenvalue weighted by molar-refractivity contribution is 0.353. The number of hydrogen-bond donors (Lipinski definition) is 1. The van der Waals surface area contributed by atoms with Crippen molar-refractivity contribution in [2.24, 2.45) is 5.73 Å². The summed E-state index contributed by atoms with van der Waals surface area (Å²) < 4.78 is 10.5. The fourth-order valence-corrected chi connectivity index (χ4v) is 2.15. The Kier molecular flexibility index (Phi) is 3.49. The van der Waals surface area contributed by atoms with Crippen LogP contribution in [0.1, 0.15) is 31.1 Å². The minimum Gasteiger partial charge on any atom is -0.461 e. The van der Waals surface area contributed by atoms with Gasteiger partial charge in [-0.3, -0.25) is 0 Å². The largest absolute Gasteiger partial charge is 0.461 e. The van der Waals surface area contributed by atoms with Gasteiger partial charge in [0.25, 0.3) is 0 Å². The molecule has 0 spiro atoms. The van der Waals surface area contributed by atoms with Gasteiger partial charge >= 0.3 is 0 Å². The van der Waals surface area contributed by atoms with Gasteiger partial charge in [-0.15, -0.1) is 12.4 Å². The summed E-state index contributed by atoms with van der Waals surface area (Å²) in [4.78, 5) is 4.34. The van der Waals surface area contributed by atoms with Gasteiger partial charge in [-0.1, -0.05) is 5.16 Å². The second-order valence-electron chi connectivity index (χ2n) is 4.20. The zero-order valence-corrected chi connectivity index (χ0v) is 10.0. The van der Waals surface area contributed by atoms with Crippen molar-refractivity contribution in [2.45, 2.75) is 31.2 Å². The van der Waals surface area contributed by atoms with Crippen LogP contribution in [0.4, 0.5) is 0 Å². The number of nitrogens with zero attached hydrogens (tertiary/aromatic N) is 2. The van der Waals surface area contributed by atoms with Crippen LogP contribution in [-0.4, -0.2) is 16.2 Å². The molecule has 0 amide bonds. The van der Waals surface area contributed by atoms with E-state index < -0.39 is 0 Å². The fraction of sp³-hybridized carbons (Fsp3) is 0.455. The zero-order valence-electron chi connectivity index (χ0n) is 9.20. The Balaban J connectivity index is 0.00000108. The van der Waals surface area contributed by atoms with E-state index in [1.807, 2.05) is 6.07 Å². The molecule has 0 bridgehead atoms. The molecule has 6 heteroatoms. The normalized spacial score (nSPS) is 23.6. The third kappa shape index (κ3) is 2.35. The lowest BCUT2D eigenvalue weighted by Crippen LogP contribution is -2.14. The Morgan fingerprint density at radius 3 is 2.88 bits per heavy atom. The van der Waals surface area contributed by atoms with Gasteiger partial charge in [-0.25, -0.2) is 0 Å². The number of hydrogen-bond acceptors (Lipinski definition) is 5. The van der Waals surface area contributed by atoms with Crippen molar-refractivity contribution in [3.8, 4) is 11.6 Å². The van der Waals surface area contributed by atoms with Crippen molar-refractivity contribution in [3.63, 3.8) is 0 Å². The summed E-state index contributed by atoms with van der Waals surface area (Å²) in [5.74, 6) is 2.14. The first-order valence-electron chi connectivity index (χ1n) is 5.46. The minimum atomic E-state index is 0. The molecule has 1 aliphatic carbocycles. The van der Waals surface area contributed by atoms with E-state index in [2.05, 4.69) is 10.1 Å². The van der Waals surface area contributed by atoms with E-state index in [-0.39, 0.29) is 18.4 Å². The summed E-state index contributed by atoms with van der Waals surface area (Å²) in [6.45, 7) is 0. The Morgan fingerprint density at radius 1 is 1.35 bits per heavy atom. The predicted octanol–water partition coefficient (Wildman–Crippen LogP) is 2.35. The second kappa shape index (κ2) is 4.89. The summed E-state index contributed by atoms with van der Waals surface area (Å²) in [6, 6.07) is 3.88. The highest BCUT2D eigenvalue weighted by molar-refractivity contribution is 5.85. The molecule has 17 heavy (non-hydrogen) atoms. The number of nitrogens with two attached hydrogens (primary N) is 1. The topological polar surface area (TPSA) is 78.1 Å². The Hall–Kier alpha value is -1.33. The molecule has 0 aliphatic heterocycles. The van der Waals surface area contributed by atoms with Crippen molar-refractivity contribution >= 4 is 12.4 Å². The third-order valence-corrected chi connectivity index (χ3v) is 3.01. The highest BCUT2D eigenvalue weighted by Gasteiger charge is 2.28. The molecule has 1 fully saturated rings. The van der Waals surface area contributed by atoms with Gasteiger partial charge in [0.2, 0.25) is 11.7 Å². The zero-order chi connectivity index (χ0) is 11.0. The molecular weight excluding hydrogens is 242 g/mol. The molecule has 2 aromatic rings. The Bertz CT molecular complexity index is 469. The fourth-order valence-electron chi connectivity index (χ4n) is 2.15. The van der Waals surface area contributed by atoms with E-state index in [1.54, 1.807) is 12.3 Å². The molecule has 0 aromatic carbocycles. The molecule has 0 saturated heterocycles. The van der Waals surface area contributed by atoms with Crippen molar-refractivity contribution < 1.29 is 8.94 Å². The third-order valence-electron chi connectivity index (χ3n) is 3.01. The number of aromatic nitrogens is 2. The first-order valence-corrected chi connectivity index (χ1v) is 5.46. The Morgan fingerprint density at radius 2 is 2.24 bits per heavy atom. The van der Waals surface area contributed by atoms with Crippen LogP contribution < -0.4 is 5.73 Å². The molecule has 2 heterocycles. The van der Waals surface area contributed by atoms with E-state index in [1.165, 1.54) is 0 Å². The maximum atomic E-state index is 5.86. The van der Waals surface area contributed by atoms with Crippen molar-refractivity contribution in [3.05, 3.63) is 24.3 Å². The van der Waals surface area contributed by atoms with Crippen LogP contribution in [0, 0.1) is 0 Å². The number of furan rings is 1. The monoisotopic (exact) mass is 255 g/mol. The Labute approximate surface area is 105 Å². The SMILES string of the molecule is Cl.NC1CCC(c2nc(-c3ccco3)no2)C1. The minimum absolute atomic E-state index is 0. The van der Waals surface area contributed by atoms with Crippen LogP contribution in [0.25, 0.3) is 11.6 Å². The maximum Gasteiger partial charge on any atom is 0.238 e. The second-order valence-corrected chi connectivity index (χ2v) is 4.20. The van der Waals surface area contributed by atoms with Gasteiger partial charge in [-0.2, -0.15) is 4.98 Å². The number of rotatable bonds is 2. The van der Waals surface area contributed by atoms with Crippen molar-refractivity contribution in [1.82, 2.24) is 10.1 Å². The molecule has 0 radical (unpaired) electrons. The van der Waals surface area contributed by atoms with Gasteiger partial charge in [-0.05, 0) is 31.4 Å². The van der Waals surface area contributed by atoms with E-state index in [4.69, 9.17) is 14.7 Å². The molecule has 5 nitrogen and oxygen atoms in total. The summed E-state index contributed by atoms with van der Waals surface area (Å²) in [5.41, 5.74) is 5.86. The average Bonchev–Trinajstić information content (AvgIpc) is 2.97. The lowest BCUT2D eigenvalue weighted by atomic mass is 10.1. The quantitative estimate of drug-likeness (QED) is 0.891. The molecule has 2 atom stereocenters. The summed E-state index contributed by atoms with van der Waals surface area (Å²) >= 11 is 0. The lowest BCUT2D eigenvalue weighted by Gasteiger charge is -2.01. The molecule has 92 valence electrons. The first-order chi connectivity index (χ1) is 7.83. The average molecular weight is 256 g/mol. The molecule has 2 aromatic heterocycles. The van der Waals surface area contributed by atoms with E-state index in [9.17, 15) is 0 Å². The molecule has 2 N–H and O–H groups in total. The van der Waals surface area contributed by atoms with Gasteiger partial charge in [0.05, 0.1) is 6.26 Å². The molecule has 1 saturated carbocycles. The van der Waals surface area contributed by atoms with Crippen LogP contribution in [0.5, 0.6) is 0 Å². The van der Waals surface area contributed by atoms with Crippen molar-refractivity contribution in [2.75, 3.05) is 0 Å². The van der Waals surface area contributed by atoms with Crippen LogP contribution in [0.3, 0.4) is 0 Å². The summed E-state index contributed by atoms with van der Waals surface area (Å²) in [6.07, 6.45) is 4.58. The standard InChI is InChI=1S/C11H13N3O2.ClH/c12-8-4-3-7(6-8)11-13-10(14-16-11)9-2-1-5-15-9;/h1-2,5,7-8H,3-4,6,12H2;1H. The number of halogens is 1. The molecule has 3 rings (SSSR count). The summed E-state index contributed by atoms with van der Waals surface area (Å²) in [5, 5.41) is 3.91. The van der Waals surface area contributed by atoms with Gasteiger partial charge in [0, 0.05) is 12.0 Å². The molecular formula is C11H14ClN3O2. The molecule has 1 aliphatic rings. The highest BCUT2D eigenvalue weighted by Crippen LogP contribution is 2.33. The highest BCUT2D eigenvalue weighted by atomic mass is 35.5. The van der Waals surface area contributed by atoms with Crippen LogP contribution in [-0.2, 0) is 0 Å². The van der Waals surface area contributed by atoms with E-state index in [0.29, 0.717) is 23.4 Å². The smallest absolute Gasteiger partial charge is 0.238 e. The van der Waals surface area contributed by atoms with E-state index >= 15 is 0 Å². The summed E-state index contributed by atoms with van der Waals surface area (Å²) in [7, 11) is 0. The molecule has 2 unspecified atom stereocenters. The van der Waals surface area contributed by atoms with Gasteiger partial charge in [0.15, 0.2) is 5.76 Å². The van der Waals surface area contributed by atoms with Crippen LogP contribution in [0.2, 0.25) is 0 Å². The van der Waals surface area contributed by atoms with Crippen LogP contribution in [0.15, 0.2) is 27.3 Å².